The highest BCUT2D eigenvalue weighted by atomic mass is 32.3. The molecule has 0 aromatic heterocycles. The molecule has 0 fully saturated rings. The summed E-state index contributed by atoms with van der Waals surface area (Å²) in [5.41, 5.74) is -0.728. The molecule has 1 rings (SSSR count). The molecule has 98 valence electrons. The number of halogens is 1. The summed E-state index contributed by atoms with van der Waals surface area (Å²) in [5, 5.41) is 26.8. The van der Waals surface area contributed by atoms with Crippen LogP contribution in [0.4, 0.5) is 3.89 Å². The molecule has 18 heavy (non-hydrogen) atoms. The summed E-state index contributed by atoms with van der Waals surface area (Å²) >= 11 is 0. The van der Waals surface area contributed by atoms with Crippen LogP contribution in [0.5, 0.6) is 5.75 Å². The lowest BCUT2D eigenvalue weighted by atomic mass is 9.76. The van der Waals surface area contributed by atoms with Gasteiger partial charge in [-0.3, -0.25) is 0 Å². The Kier molecular flexibility index (Phi) is 3.94. The van der Waals surface area contributed by atoms with Crippen LogP contribution >= 0.6 is 0 Å². The summed E-state index contributed by atoms with van der Waals surface area (Å²) in [4.78, 5) is 10.9. The standard InChI is InChI=1S/C8H8BFO7S/c1-4-6(8(11)12)2-5(17-18(10,15)16)3-7(4)9(13)14/h2-3,13-14H,1H3,(H,11,12). The molecule has 0 heterocycles. The van der Waals surface area contributed by atoms with Gasteiger partial charge in [0, 0.05) is 0 Å². The largest absolute Gasteiger partial charge is 0.488 e. The van der Waals surface area contributed by atoms with E-state index in [4.69, 9.17) is 15.2 Å². The summed E-state index contributed by atoms with van der Waals surface area (Å²) in [5.74, 6) is -2.11. The average molecular weight is 278 g/mol. The normalized spacial score (nSPS) is 11.1. The second kappa shape index (κ2) is 4.92. The van der Waals surface area contributed by atoms with Crippen LogP contribution in [0.3, 0.4) is 0 Å². The minimum atomic E-state index is -5.33. The van der Waals surface area contributed by atoms with E-state index in [-0.39, 0.29) is 11.0 Å². The van der Waals surface area contributed by atoms with Crippen LogP contribution < -0.4 is 9.65 Å². The van der Waals surface area contributed by atoms with Crippen molar-refractivity contribution in [1.29, 1.82) is 0 Å². The van der Waals surface area contributed by atoms with Gasteiger partial charge in [-0.15, -0.1) is 0 Å². The van der Waals surface area contributed by atoms with Crippen LogP contribution in [-0.2, 0) is 10.5 Å². The predicted molar refractivity (Wildman–Crippen MR) is 58.6 cm³/mol. The predicted octanol–water partition coefficient (Wildman–Crippen LogP) is -1.03. The quantitative estimate of drug-likeness (QED) is 0.475. The second-order valence-corrected chi connectivity index (χ2v) is 4.29. The topological polar surface area (TPSA) is 121 Å². The van der Waals surface area contributed by atoms with Gasteiger partial charge < -0.3 is 19.3 Å². The first-order chi connectivity index (χ1) is 8.11. The molecule has 0 bridgehead atoms. The molecule has 0 saturated heterocycles. The van der Waals surface area contributed by atoms with Crippen molar-refractivity contribution in [3.8, 4) is 5.75 Å². The maximum Gasteiger partial charge on any atom is 0.488 e. The maximum atomic E-state index is 12.3. The van der Waals surface area contributed by atoms with Crippen LogP contribution in [0.25, 0.3) is 0 Å². The first-order valence-corrected chi connectivity index (χ1v) is 5.80. The van der Waals surface area contributed by atoms with Crippen LogP contribution in [0.1, 0.15) is 15.9 Å². The van der Waals surface area contributed by atoms with Gasteiger partial charge >= 0.3 is 23.6 Å². The summed E-state index contributed by atoms with van der Waals surface area (Å²) in [6.45, 7) is 1.28. The molecule has 0 aliphatic carbocycles. The lowest BCUT2D eigenvalue weighted by molar-refractivity contribution is 0.0696. The van der Waals surface area contributed by atoms with Gasteiger partial charge in [0.2, 0.25) is 0 Å². The van der Waals surface area contributed by atoms with Crippen molar-refractivity contribution in [2.24, 2.45) is 0 Å². The number of hydrogen-bond acceptors (Lipinski definition) is 6. The molecule has 1 aromatic rings. The van der Waals surface area contributed by atoms with Crippen molar-refractivity contribution in [3.05, 3.63) is 23.3 Å². The van der Waals surface area contributed by atoms with E-state index in [2.05, 4.69) is 4.18 Å². The van der Waals surface area contributed by atoms with Gasteiger partial charge in [0.05, 0.1) is 5.56 Å². The van der Waals surface area contributed by atoms with Crippen molar-refractivity contribution in [1.82, 2.24) is 0 Å². The molecular formula is C8H8BFO7S. The first-order valence-electron chi connectivity index (χ1n) is 4.50. The molecule has 0 unspecified atom stereocenters. The second-order valence-electron chi connectivity index (χ2n) is 3.34. The van der Waals surface area contributed by atoms with Crippen LogP contribution in [0, 0.1) is 6.92 Å². The minimum Gasteiger partial charge on any atom is -0.478 e. The first kappa shape index (κ1) is 14.4. The number of benzene rings is 1. The Morgan fingerprint density at radius 1 is 1.39 bits per heavy atom. The number of rotatable bonds is 4. The molecule has 0 spiro atoms. The van der Waals surface area contributed by atoms with E-state index in [0.29, 0.717) is 0 Å². The van der Waals surface area contributed by atoms with Gasteiger partial charge in [0.15, 0.2) is 0 Å². The molecule has 7 nitrogen and oxygen atoms in total. The van der Waals surface area contributed by atoms with Crippen LogP contribution in [0.2, 0.25) is 0 Å². The Balaban J connectivity index is 3.43. The van der Waals surface area contributed by atoms with Crippen molar-refractivity contribution >= 4 is 29.1 Å². The smallest absolute Gasteiger partial charge is 0.478 e. The minimum absolute atomic E-state index is 0.00102. The van der Waals surface area contributed by atoms with Crippen molar-refractivity contribution in [2.75, 3.05) is 0 Å². The Labute approximate surface area is 102 Å². The monoisotopic (exact) mass is 278 g/mol. The van der Waals surface area contributed by atoms with Crippen LogP contribution in [0.15, 0.2) is 12.1 Å². The summed E-state index contributed by atoms with van der Waals surface area (Å²) in [6.07, 6.45) is 0. The van der Waals surface area contributed by atoms with E-state index in [1.54, 1.807) is 0 Å². The molecule has 0 aliphatic heterocycles. The zero-order valence-corrected chi connectivity index (χ0v) is 9.81. The highest BCUT2D eigenvalue weighted by molar-refractivity contribution is 7.81. The van der Waals surface area contributed by atoms with Gasteiger partial charge in [-0.2, -0.15) is 8.42 Å². The van der Waals surface area contributed by atoms with Crippen LogP contribution in [-0.4, -0.2) is 36.7 Å². The molecule has 0 saturated carbocycles. The fourth-order valence-corrected chi connectivity index (χ4v) is 1.69. The Hall–Kier alpha value is -1.65. The van der Waals surface area contributed by atoms with Crippen molar-refractivity contribution < 1.29 is 36.4 Å². The lowest BCUT2D eigenvalue weighted by Gasteiger charge is -2.10. The lowest BCUT2D eigenvalue weighted by Crippen LogP contribution is -2.33. The van der Waals surface area contributed by atoms with E-state index in [9.17, 15) is 17.1 Å². The van der Waals surface area contributed by atoms with E-state index in [1.165, 1.54) is 6.92 Å². The van der Waals surface area contributed by atoms with E-state index in [0.717, 1.165) is 12.1 Å². The average Bonchev–Trinajstić information content (AvgIpc) is 2.17. The van der Waals surface area contributed by atoms with E-state index < -0.39 is 34.9 Å². The van der Waals surface area contributed by atoms with E-state index in [1.807, 2.05) is 0 Å². The molecule has 1 aromatic carbocycles. The molecular weight excluding hydrogens is 270 g/mol. The number of carboxylic acid groups (broad SMARTS) is 1. The highest BCUT2D eigenvalue weighted by Gasteiger charge is 2.22. The zero-order chi connectivity index (χ0) is 14.1. The highest BCUT2D eigenvalue weighted by Crippen LogP contribution is 2.18. The number of aromatic carboxylic acids is 1. The van der Waals surface area contributed by atoms with Gasteiger partial charge in [0.1, 0.15) is 5.75 Å². The number of hydrogen-bond donors (Lipinski definition) is 3. The van der Waals surface area contributed by atoms with Gasteiger partial charge in [-0.25, -0.2) is 4.79 Å². The van der Waals surface area contributed by atoms with Gasteiger partial charge in [0.25, 0.3) is 0 Å². The van der Waals surface area contributed by atoms with Gasteiger partial charge in [-0.05, 0) is 30.1 Å². The Bertz CT molecular complexity index is 583. The molecule has 0 amide bonds. The number of carboxylic acids is 1. The Morgan fingerprint density at radius 2 is 1.94 bits per heavy atom. The van der Waals surface area contributed by atoms with Gasteiger partial charge in [-0.1, -0.05) is 3.89 Å². The maximum absolute atomic E-state index is 12.3. The molecule has 0 aliphatic rings. The molecule has 0 radical (unpaired) electrons. The summed E-state index contributed by atoms with van der Waals surface area (Å²) in [6, 6.07) is 1.59. The fraction of sp³-hybridized carbons (Fsp3) is 0.125. The van der Waals surface area contributed by atoms with Crippen molar-refractivity contribution in [3.63, 3.8) is 0 Å². The molecule has 10 heteroatoms. The SMILES string of the molecule is Cc1c(B(O)O)cc(OS(=O)(=O)F)cc1C(=O)O. The third-order valence-corrected chi connectivity index (χ3v) is 2.52. The van der Waals surface area contributed by atoms with E-state index >= 15 is 0 Å². The number of carbonyl (C=O) groups is 1. The third-order valence-electron chi connectivity index (χ3n) is 2.13. The molecule has 0 atom stereocenters. The van der Waals surface area contributed by atoms with Crippen molar-refractivity contribution in [2.45, 2.75) is 6.92 Å². The molecule has 3 N–H and O–H groups in total. The zero-order valence-electron chi connectivity index (χ0n) is 8.99. The third kappa shape index (κ3) is 3.42. The Morgan fingerprint density at radius 3 is 2.33 bits per heavy atom. The fourth-order valence-electron chi connectivity index (χ4n) is 1.36. The summed E-state index contributed by atoms with van der Waals surface area (Å²) < 4.78 is 36.7. The summed E-state index contributed by atoms with van der Waals surface area (Å²) in [7, 11) is -7.38.